The van der Waals surface area contributed by atoms with Crippen molar-refractivity contribution in [1.29, 1.82) is 0 Å². The topological polar surface area (TPSA) is 20.2 Å². The van der Waals surface area contributed by atoms with Gasteiger partial charge in [-0.3, -0.25) is 0 Å². The van der Waals surface area contributed by atoms with Crippen LogP contribution < -0.4 is 0 Å². The van der Waals surface area contributed by atoms with Crippen LogP contribution in [0.3, 0.4) is 0 Å². The highest BCUT2D eigenvalue weighted by atomic mass is 16.3. The Morgan fingerprint density at radius 3 is 0.705 bits per heavy atom. The average molecular weight is 858 g/mol. The van der Waals surface area contributed by atoms with Gasteiger partial charge in [0.25, 0.3) is 0 Å². The van der Waals surface area contributed by atoms with Gasteiger partial charge in [-0.25, -0.2) is 0 Å². The zero-order valence-electron chi connectivity index (χ0n) is 43.1. The summed E-state index contributed by atoms with van der Waals surface area (Å²) >= 11 is 0. The summed E-state index contributed by atoms with van der Waals surface area (Å²) in [6.45, 7) is 4.66. The molecule has 1 aliphatic carbocycles. The standard InChI is InChI=1S/C60H120O/c1-3-5-7-9-11-13-41-45-49-53-57-60(56-52-48-44-12-10-8-6-4-2)58-54-50-46-42-39-37-35-33-31-29-27-25-23-21-19-17-15-14-16-18-20-22-24-26-28-30-32-34-36-38-40-43-47-51-55-59(60)61/h59,61H,3-58H2,1-2H3. The first kappa shape index (κ1) is 59.0. The second kappa shape index (κ2) is 49.4. The Hall–Kier alpha value is -0.0400. The summed E-state index contributed by atoms with van der Waals surface area (Å²) in [5.74, 6) is 0. The largest absolute Gasteiger partial charge is 0.393 e. The van der Waals surface area contributed by atoms with Gasteiger partial charge in [0, 0.05) is 0 Å². The van der Waals surface area contributed by atoms with Crippen LogP contribution in [-0.4, -0.2) is 11.2 Å². The maximum absolute atomic E-state index is 12.2. The molecule has 2 atom stereocenters. The van der Waals surface area contributed by atoms with Crippen molar-refractivity contribution < 1.29 is 5.11 Å². The molecule has 0 radical (unpaired) electrons. The van der Waals surface area contributed by atoms with Crippen LogP contribution in [0.5, 0.6) is 0 Å². The second-order valence-corrected chi connectivity index (χ2v) is 21.6. The summed E-state index contributed by atoms with van der Waals surface area (Å²) in [6, 6.07) is 0. The van der Waals surface area contributed by atoms with Gasteiger partial charge in [-0.15, -0.1) is 0 Å². The van der Waals surface area contributed by atoms with Crippen molar-refractivity contribution in [3.05, 3.63) is 0 Å². The molecular weight excluding hydrogens is 737 g/mol. The smallest absolute Gasteiger partial charge is 0.0596 e. The van der Waals surface area contributed by atoms with E-state index < -0.39 is 0 Å². The van der Waals surface area contributed by atoms with Crippen LogP contribution in [0.15, 0.2) is 0 Å². The Morgan fingerprint density at radius 2 is 0.459 bits per heavy atom. The third kappa shape index (κ3) is 41.2. The van der Waals surface area contributed by atoms with Crippen molar-refractivity contribution in [1.82, 2.24) is 0 Å². The normalized spacial score (nSPS) is 23.2. The molecule has 0 spiro atoms. The highest BCUT2D eigenvalue weighted by Crippen LogP contribution is 2.42. The molecule has 1 fully saturated rings. The van der Waals surface area contributed by atoms with E-state index in [1.165, 1.54) is 353 Å². The van der Waals surface area contributed by atoms with E-state index >= 15 is 0 Å². The lowest BCUT2D eigenvalue weighted by Crippen LogP contribution is -2.35. The van der Waals surface area contributed by atoms with Crippen molar-refractivity contribution in [3.63, 3.8) is 0 Å². The zero-order chi connectivity index (χ0) is 43.7. The highest BCUT2D eigenvalue weighted by Gasteiger charge is 2.36. The van der Waals surface area contributed by atoms with Crippen LogP contribution in [0.25, 0.3) is 0 Å². The molecule has 0 aliphatic heterocycles. The fourth-order valence-corrected chi connectivity index (χ4v) is 11.2. The Bertz CT molecular complexity index is 790. The van der Waals surface area contributed by atoms with E-state index in [9.17, 15) is 5.11 Å². The molecule has 0 saturated heterocycles. The quantitative estimate of drug-likeness (QED) is 0.121. The lowest BCUT2D eigenvalue weighted by molar-refractivity contribution is -0.00894. The van der Waals surface area contributed by atoms with E-state index in [-0.39, 0.29) is 11.5 Å². The molecule has 0 aromatic heterocycles. The highest BCUT2D eigenvalue weighted by molar-refractivity contribution is 4.87. The van der Waals surface area contributed by atoms with Crippen LogP contribution in [0.2, 0.25) is 0 Å². The van der Waals surface area contributed by atoms with Crippen molar-refractivity contribution >= 4 is 0 Å². The first-order chi connectivity index (χ1) is 30.2. The predicted octanol–water partition coefficient (Wildman–Crippen LogP) is 22.2. The fraction of sp³-hybridized carbons (Fsp3) is 1.00. The van der Waals surface area contributed by atoms with Crippen molar-refractivity contribution in [2.45, 2.75) is 380 Å². The third-order valence-corrected chi connectivity index (χ3v) is 15.7. The van der Waals surface area contributed by atoms with Gasteiger partial charge >= 0.3 is 0 Å². The van der Waals surface area contributed by atoms with Gasteiger partial charge in [-0.2, -0.15) is 0 Å². The maximum Gasteiger partial charge on any atom is 0.0596 e. The number of unbranched alkanes of at least 4 members (excludes halogenated alkanes) is 16. The van der Waals surface area contributed by atoms with Crippen LogP contribution >= 0.6 is 0 Å². The molecule has 1 aliphatic rings. The molecule has 1 N–H and O–H groups in total. The van der Waals surface area contributed by atoms with E-state index in [1.807, 2.05) is 0 Å². The average Bonchev–Trinajstić information content (AvgIpc) is 3.27. The zero-order valence-corrected chi connectivity index (χ0v) is 43.1. The van der Waals surface area contributed by atoms with Crippen LogP contribution in [-0.2, 0) is 0 Å². The molecule has 1 nitrogen and oxygen atoms in total. The molecule has 0 aromatic rings. The maximum atomic E-state index is 12.2. The molecule has 2 unspecified atom stereocenters. The van der Waals surface area contributed by atoms with Crippen molar-refractivity contribution in [2.75, 3.05) is 0 Å². The summed E-state index contributed by atoms with van der Waals surface area (Å²) in [4.78, 5) is 0. The molecule has 0 amide bonds. The molecule has 1 heteroatoms. The molecule has 366 valence electrons. The number of rotatable bonds is 20. The molecule has 1 rings (SSSR count). The summed E-state index contributed by atoms with van der Waals surface area (Å²) in [5.41, 5.74) is 0.177. The lowest BCUT2D eigenvalue weighted by Gasteiger charge is -2.39. The summed E-state index contributed by atoms with van der Waals surface area (Å²) in [5, 5.41) is 12.2. The van der Waals surface area contributed by atoms with Gasteiger partial charge in [0.15, 0.2) is 0 Å². The molecular formula is C60H120O. The molecule has 0 bridgehead atoms. The molecule has 0 heterocycles. The van der Waals surface area contributed by atoms with E-state index in [4.69, 9.17) is 0 Å². The number of aliphatic hydroxyl groups excluding tert-OH is 1. The van der Waals surface area contributed by atoms with Crippen molar-refractivity contribution in [3.8, 4) is 0 Å². The number of hydrogen-bond donors (Lipinski definition) is 1. The van der Waals surface area contributed by atoms with E-state index in [0.717, 1.165) is 6.42 Å². The third-order valence-electron chi connectivity index (χ3n) is 15.7. The Kier molecular flexibility index (Phi) is 47.8. The summed E-state index contributed by atoms with van der Waals surface area (Å²) < 4.78 is 0. The lowest BCUT2D eigenvalue weighted by atomic mass is 9.68. The number of aliphatic hydroxyl groups is 1. The summed E-state index contributed by atoms with van der Waals surface area (Å²) in [7, 11) is 0. The first-order valence-corrected chi connectivity index (χ1v) is 29.9. The SMILES string of the molecule is CCCCCCCCCCCCC1(CCCCCCCCCC)CCCCCCCCCCCCCCCCCCCCCCCCCCCCCCCCCCCCC1O. The van der Waals surface area contributed by atoms with Crippen LogP contribution in [0.1, 0.15) is 373 Å². The van der Waals surface area contributed by atoms with Gasteiger partial charge in [-0.1, -0.05) is 348 Å². The van der Waals surface area contributed by atoms with E-state index in [2.05, 4.69) is 13.8 Å². The predicted molar refractivity (Wildman–Crippen MR) is 278 cm³/mol. The molecule has 1 saturated carbocycles. The Balaban J connectivity index is 2.68. The van der Waals surface area contributed by atoms with Crippen LogP contribution in [0, 0.1) is 5.41 Å². The minimum Gasteiger partial charge on any atom is -0.393 e. The van der Waals surface area contributed by atoms with Gasteiger partial charge in [0.1, 0.15) is 0 Å². The van der Waals surface area contributed by atoms with Gasteiger partial charge in [0.2, 0.25) is 0 Å². The van der Waals surface area contributed by atoms with Crippen LogP contribution in [0.4, 0.5) is 0 Å². The second-order valence-electron chi connectivity index (χ2n) is 21.6. The summed E-state index contributed by atoms with van der Waals surface area (Å²) in [6.07, 6.45) is 79.5. The van der Waals surface area contributed by atoms with E-state index in [0.29, 0.717) is 0 Å². The molecule has 61 heavy (non-hydrogen) atoms. The Labute approximate surface area is 388 Å². The van der Waals surface area contributed by atoms with E-state index in [1.54, 1.807) is 0 Å². The molecule has 0 aromatic carbocycles. The van der Waals surface area contributed by atoms with Gasteiger partial charge < -0.3 is 5.11 Å². The van der Waals surface area contributed by atoms with Gasteiger partial charge in [-0.05, 0) is 31.1 Å². The first-order valence-electron chi connectivity index (χ1n) is 29.9. The minimum atomic E-state index is -0.0820. The van der Waals surface area contributed by atoms with Gasteiger partial charge in [0.05, 0.1) is 6.10 Å². The monoisotopic (exact) mass is 857 g/mol. The number of hydrogen-bond acceptors (Lipinski definition) is 1. The minimum absolute atomic E-state index is 0.0820. The fourth-order valence-electron chi connectivity index (χ4n) is 11.2. The van der Waals surface area contributed by atoms with Crippen molar-refractivity contribution in [2.24, 2.45) is 5.41 Å². The Morgan fingerprint density at radius 1 is 0.262 bits per heavy atom.